The van der Waals surface area contributed by atoms with Crippen LogP contribution in [0.25, 0.3) is 0 Å². The summed E-state index contributed by atoms with van der Waals surface area (Å²) in [5, 5.41) is 4.59. The van der Waals surface area contributed by atoms with Gasteiger partial charge in [0.25, 0.3) is 11.5 Å². The second kappa shape index (κ2) is 6.93. The lowest BCUT2D eigenvalue weighted by atomic mass is 9.95. The lowest BCUT2D eigenvalue weighted by Gasteiger charge is -2.31. The number of hydrogen-bond acceptors (Lipinski definition) is 4. The topological polar surface area (TPSA) is 104 Å². The number of likely N-dealkylation sites (tertiary alicyclic amines) is 1. The molecule has 8 heteroatoms. The summed E-state index contributed by atoms with van der Waals surface area (Å²) < 4.78 is 1.61. The lowest BCUT2D eigenvalue weighted by molar-refractivity contribution is 0.0675. The molecule has 0 bridgehead atoms. The number of imidazole rings is 1. The molecule has 0 radical (unpaired) electrons. The van der Waals surface area contributed by atoms with E-state index in [1.807, 2.05) is 0 Å². The number of carbonyl (C=O) groups excluding carboxylic acids is 1. The van der Waals surface area contributed by atoms with E-state index in [0.29, 0.717) is 31.2 Å². The maximum Gasteiger partial charge on any atom is 0.323 e. The van der Waals surface area contributed by atoms with Crippen molar-refractivity contribution in [2.45, 2.75) is 45.1 Å². The first-order valence-electron chi connectivity index (χ1n) is 9.27. The van der Waals surface area contributed by atoms with Crippen molar-refractivity contribution in [1.29, 1.82) is 0 Å². The Kier molecular flexibility index (Phi) is 4.48. The Bertz CT molecular complexity index is 917. The summed E-state index contributed by atoms with van der Waals surface area (Å²) in [6, 6.07) is 1.75. The van der Waals surface area contributed by atoms with E-state index >= 15 is 0 Å². The van der Waals surface area contributed by atoms with Gasteiger partial charge in [0.05, 0.1) is 5.69 Å². The quantitative estimate of drug-likeness (QED) is 0.843. The fourth-order valence-electron chi connectivity index (χ4n) is 3.91. The highest BCUT2D eigenvalue weighted by Crippen LogP contribution is 2.21. The van der Waals surface area contributed by atoms with Gasteiger partial charge < -0.3 is 14.9 Å². The van der Waals surface area contributed by atoms with Crippen molar-refractivity contribution in [3.05, 3.63) is 50.1 Å². The molecule has 2 aromatic rings. The van der Waals surface area contributed by atoms with Crippen molar-refractivity contribution in [2.24, 2.45) is 5.92 Å². The molecule has 3 heterocycles. The first-order chi connectivity index (χ1) is 12.6. The fraction of sp³-hybridized carbons (Fsp3) is 0.556. The number of aromatic nitrogens is 4. The Hall–Kier alpha value is -2.64. The number of hydrogen-bond donors (Lipinski definition) is 2. The molecule has 1 aliphatic heterocycles. The highest BCUT2D eigenvalue weighted by atomic mass is 16.2. The van der Waals surface area contributed by atoms with Gasteiger partial charge in [-0.3, -0.25) is 9.59 Å². The summed E-state index contributed by atoms with van der Waals surface area (Å²) in [6.07, 6.45) is 7.25. The third-order valence-corrected chi connectivity index (χ3v) is 5.43. The van der Waals surface area contributed by atoms with Gasteiger partial charge in [0.1, 0.15) is 5.69 Å². The first kappa shape index (κ1) is 16.8. The van der Waals surface area contributed by atoms with Crippen molar-refractivity contribution in [3.8, 4) is 0 Å². The molecule has 138 valence electrons. The number of carbonyl (C=O) groups is 1. The summed E-state index contributed by atoms with van der Waals surface area (Å²) in [5.74, 6) is 0.169. The zero-order valence-electron chi connectivity index (χ0n) is 14.7. The van der Waals surface area contributed by atoms with Crippen molar-refractivity contribution in [2.75, 3.05) is 13.1 Å². The Morgan fingerprint density at radius 1 is 1.19 bits per heavy atom. The van der Waals surface area contributed by atoms with Crippen molar-refractivity contribution in [3.63, 3.8) is 0 Å². The number of H-pyrrole nitrogens is 2. The van der Waals surface area contributed by atoms with E-state index in [1.54, 1.807) is 15.6 Å². The van der Waals surface area contributed by atoms with Gasteiger partial charge in [0.2, 0.25) is 0 Å². The number of rotatable bonds is 3. The second-order valence-corrected chi connectivity index (χ2v) is 7.24. The number of aromatic amines is 2. The minimum Gasteiger partial charge on any atom is -0.337 e. The highest BCUT2D eigenvalue weighted by molar-refractivity contribution is 5.92. The van der Waals surface area contributed by atoms with Crippen LogP contribution in [-0.2, 0) is 19.4 Å². The minimum absolute atomic E-state index is 0.0194. The molecule has 2 N–H and O–H groups in total. The molecule has 2 aliphatic rings. The summed E-state index contributed by atoms with van der Waals surface area (Å²) >= 11 is 0. The molecule has 2 aromatic heterocycles. The fourth-order valence-corrected chi connectivity index (χ4v) is 3.91. The van der Waals surface area contributed by atoms with Crippen LogP contribution in [-0.4, -0.2) is 43.6 Å². The number of piperidine rings is 1. The monoisotopic (exact) mass is 357 g/mol. The standard InChI is InChI=1S/C18H23N5O3/c24-16-9-13-3-1-2-4-14(13)21-23(16)11-12-5-7-22(8-6-12)17(25)15-10-19-18(26)20-15/h9-10,12H,1-8,11H2,(H2,19,20,26). The molecule has 1 amide bonds. The summed E-state index contributed by atoms with van der Waals surface area (Å²) in [6.45, 7) is 1.85. The van der Waals surface area contributed by atoms with Crippen LogP contribution in [0.4, 0.5) is 0 Å². The molecule has 0 saturated carbocycles. The molecule has 1 fully saturated rings. The number of amides is 1. The Labute approximate surface area is 150 Å². The van der Waals surface area contributed by atoms with E-state index < -0.39 is 0 Å². The van der Waals surface area contributed by atoms with Crippen LogP contribution in [0.15, 0.2) is 21.9 Å². The molecule has 0 unspecified atom stereocenters. The van der Waals surface area contributed by atoms with E-state index in [1.165, 1.54) is 6.20 Å². The van der Waals surface area contributed by atoms with Crippen molar-refractivity contribution >= 4 is 5.91 Å². The third kappa shape index (κ3) is 3.36. The molecule has 1 aliphatic carbocycles. The van der Waals surface area contributed by atoms with E-state index in [9.17, 15) is 14.4 Å². The van der Waals surface area contributed by atoms with Crippen molar-refractivity contribution < 1.29 is 4.79 Å². The van der Waals surface area contributed by atoms with Crippen LogP contribution < -0.4 is 11.2 Å². The van der Waals surface area contributed by atoms with Gasteiger partial charge in [-0.25, -0.2) is 9.48 Å². The molecular weight excluding hydrogens is 334 g/mol. The van der Waals surface area contributed by atoms with Crippen LogP contribution in [0.2, 0.25) is 0 Å². The van der Waals surface area contributed by atoms with E-state index in [4.69, 9.17) is 0 Å². The lowest BCUT2D eigenvalue weighted by Crippen LogP contribution is -2.40. The van der Waals surface area contributed by atoms with Crippen LogP contribution in [0.5, 0.6) is 0 Å². The Morgan fingerprint density at radius 2 is 1.96 bits per heavy atom. The summed E-state index contributed by atoms with van der Waals surface area (Å²) in [7, 11) is 0. The molecule has 8 nitrogen and oxygen atoms in total. The molecular formula is C18H23N5O3. The van der Waals surface area contributed by atoms with Crippen LogP contribution in [0.3, 0.4) is 0 Å². The smallest absolute Gasteiger partial charge is 0.323 e. The van der Waals surface area contributed by atoms with Gasteiger partial charge in [-0.2, -0.15) is 5.10 Å². The highest BCUT2D eigenvalue weighted by Gasteiger charge is 2.25. The predicted molar refractivity (Wildman–Crippen MR) is 95.2 cm³/mol. The first-order valence-corrected chi connectivity index (χ1v) is 9.27. The van der Waals surface area contributed by atoms with Crippen molar-refractivity contribution in [1.82, 2.24) is 24.6 Å². The molecule has 0 atom stereocenters. The summed E-state index contributed by atoms with van der Waals surface area (Å²) in [4.78, 5) is 42.5. The van der Waals surface area contributed by atoms with Crippen LogP contribution in [0.1, 0.15) is 47.4 Å². The molecule has 4 rings (SSSR count). The maximum absolute atomic E-state index is 12.4. The largest absolute Gasteiger partial charge is 0.337 e. The van der Waals surface area contributed by atoms with E-state index in [0.717, 1.165) is 49.8 Å². The zero-order valence-corrected chi connectivity index (χ0v) is 14.7. The van der Waals surface area contributed by atoms with Crippen LogP contribution >= 0.6 is 0 Å². The normalized spacial score (nSPS) is 17.9. The van der Waals surface area contributed by atoms with Gasteiger partial charge in [-0.05, 0) is 50.0 Å². The predicted octanol–water partition coefficient (Wildman–Crippen LogP) is 0.691. The SMILES string of the molecule is O=C(c1c[nH]c(=O)[nH]1)N1CCC(Cn2nc3c(cc2=O)CCCC3)CC1. The van der Waals surface area contributed by atoms with Gasteiger partial charge in [-0.15, -0.1) is 0 Å². The summed E-state index contributed by atoms with van der Waals surface area (Å²) in [5.41, 5.74) is 2.08. The van der Waals surface area contributed by atoms with Gasteiger partial charge in [0.15, 0.2) is 0 Å². The maximum atomic E-state index is 12.4. The number of nitrogens with zero attached hydrogens (tertiary/aromatic N) is 3. The Morgan fingerprint density at radius 3 is 2.69 bits per heavy atom. The second-order valence-electron chi connectivity index (χ2n) is 7.24. The number of nitrogens with one attached hydrogen (secondary N) is 2. The Balaban J connectivity index is 1.39. The molecule has 1 saturated heterocycles. The van der Waals surface area contributed by atoms with E-state index in [-0.39, 0.29) is 17.2 Å². The number of fused-ring (bicyclic) bond motifs is 1. The van der Waals surface area contributed by atoms with Gasteiger partial charge >= 0.3 is 5.69 Å². The zero-order chi connectivity index (χ0) is 18.1. The van der Waals surface area contributed by atoms with Crippen LogP contribution in [0, 0.1) is 5.92 Å². The average molecular weight is 357 g/mol. The van der Waals surface area contributed by atoms with E-state index in [2.05, 4.69) is 15.1 Å². The average Bonchev–Trinajstić information content (AvgIpc) is 3.09. The molecule has 0 spiro atoms. The number of aryl methyl sites for hydroxylation is 2. The minimum atomic E-state index is -0.374. The third-order valence-electron chi connectivity index (χ3n) is 5.43. The van der Waals surface area contributed by atoms with Gasteiger partial charge in [0, 0.05) is 31.9 Å². The van der Waals surface area contributed by atoms with Gasteiger partial charge in [-0.1, -0.05) is 0 Å². The molecule has 0 aromatic carbocycles. The molecule has 26 heavy (non-hydrogen) atoms.